The Morgan fingerprint density at radius 2 is 1.18 bits per heavy atom. The van der Waals surface area contributed by atoms with Crippen LogP contribution in [0, 0.1) is 13.8 Å². The maximum absolute atomic E-state index is 2.41. The summed E-state index contributed by atoms with van der Waals surface area (Å²) >= 11 is 0. The molecule has 110 valence electrons. The monoisotopic (exact) mass is 286 g/mol. The fraction of sp³-hybridized carbons (Fsp3) is 0.273. The Morgan fingerprint density at radius 3 is 1.68 bits per heavy atom. The number of hydrogen-bond donors (Lipinski definition) is 0. The fourth-order valence-corrected chi connectivity index (χ4v) is 4.09. The van der Waals surface area contributed by atoms with Crippen molar-refractivity contribution in [1.29, 1.82) is 0 Å². The van der Waals surface area contributed by atoms with Gasteiger partial charge in [0, 0.05) is 5.41 Å². The zero-order valence-electron chi connectivity index (χ0n) is 13.4. The molecule has 0 nitrogen and oxygen atoms in total. The first-order valence-corrected chi connectivity index (χ1v) is 8.23. The Bertz CT molecular complexity index is 722. The molecule has 0 fully saturated rings. The molecule has 2 aromatic carbocycles. The van der Waals surface area contributed by atoms with Crippen LogP contribution in [0.1, 0.15) is 41.5 Å². The summed E-state index contributed by atoms with van der Waals surface area (Å²) in [6.07, 6.45) is 12.6. The first-order valence-electron chi connectivity index (χ1n) is 8.23. The molecule has 2 aliphatic carbocycles. The highest BCUT2D eigenvalue weighted by molar-refractivity contribution is 5.82. The largest absolute Gasteiger partial charge is 0.0870 e. The van der Waals surface area contributed by atoms with Gasteiger partial charge in [0.15, 0.2) is 0 Å². The van der Waals surface area contributed by atoms with Gasteiger partial charge in [0.2, 0.25) is 0 Å². The molecule has 0 atom stereocenters. The van der Waals surface area contributed by atoms with Crippen LogP contribution in [0.3, 0.4) is 0 Å². The topological polar surface area (TPSA) is 0 Å². The average Bonchev–Trinajstić information content (AvgIpc) is 2.73. The normalized spacial score (nSPS) is 17.9. The molecular formula is C22H22. The van der Waals surface area contributed by atoms with Gasteiger partial charge in [0.1, 0.15) is 0 Å². The van der Waals surface area contributed by atoms with E-state index in [1.54, 1.807) is 0 Å². The Labute approximate surface area is 133 Å². The van der Waals surface area contributed by atoms with Crippen LogP contribution in [0.5, 0.6) is 0 Å². The van der Waals surface area contributed by atoms with Gasteiger partial charge in [0.25, 0.3) is 0 Å². The van der Waals surface area contributed by atoms with Crippen LogP contribution in [0.4, 0.5) is 0 Å². The van der Waals surface area contributed by atoms with E-state index in [-0.39, 0.29) is 5.41 Å². The number of aryl methyl sites for hydroxylation is 2. The summed E-state index contributed by atoms with van der Waals surface area (Å²) < 4.78 is 0. The Morgan fingerprint density at radius 1 is 0.682 bits per heavy atom. The molecule has 1 spiro atoms. The molecule has 0 unspecified atom stereocenters. The Balaban J connectivity index is 2.03. The molecule has 0 bridgehead atoms. The minimum Gasteiger partial charge on any atom is -0.0870 e. The van der Waals surface area contributed by atoms with E-state index in [1.165, 1.54) is 33.4 Å². The second-order valence-electron chi connectivity index (χ2n) is 6.77. The summed E-state index contributed by atoms with van der Waals surface area (Å²) in [4.78, 5) is 0. The van der Waals surface area contributed by atoms with Crippen LogP contribution >= 0.6 is 0 Å². The Hall–Kier alpha value is -2.08. The average molecular weight is 286 g/mol. The molecule has 0 N–H and O–H groups in total. The second-order valence-corrected chi connectivity index (χ2v) is 6.77. The molecule has 0 heteroatoms. The highest BCUT2D eigenvalue weighted by Crippen LogP contribution is 2.53. The third kappa shape index (κ3) is 1.90. The van der Waals surface area contributed by atoms with Crippen molar-refractivity contribution >= 4 is 0 Å². The number of fused-ring (bicyclic) bond motifs is 5. The van der Waals surface area contributed by atoms with Gasteiger partial charge in [-0.2, -0.15) is 0 Å². The summed E-state index contributed by atoms with van der Waals surface area (Å²) in [5.74, 6) is 0. The molecule has 4 rings (SSSR count). The third-order valence-electron chi connectivity index (χ3n) is 5.21. The molecule has 2 aliphatic rings. The molecule has 0 aromatic heterocycles. The molecule has 0 saturated heterocycles. The van der Waals surface area contributed by atoms with Gasteiger partial charge in [-0.3, -0.25) is 0 Å². The highest BCUT2D eigenvalue weighted by Gasteiger charge is 2.41. The van der Waals surface area contributed by atoms with E-state index in [4.69, 9.17) is 0 Å². The molecule has 2 aromatic rings. The predicted molar refractivity (Wildman–Crippen MR) is 94.3 cm³/mol. The SMILES string of the molecule is Cc1ccc2c(c1)C1(CC=CCC=CC1)c1cc(C)ccc1-2. The van der Waals surface area contributed by atoms with Crippen molar-refractivity contribution < 1.29 is 0 Å². The van der Waals surface area contributed by atoms with Crippen molar-refractivity contribution in [3.63, 3.8) is 0 Å². The van der Waals surface area contributed by atoms with E-state index in [0.717, 1.165) is 19.3 Å². The van der Waals surface area contributed by atoms with Crippen LogP contribution < -0.4 is 0 Å². The molecule has 0 aliphatic heterocycles. The van der Waals surface area contributed by atoms with Gasteiger partial charge in [0.05, 0.1) is 0 Å². The van der Waals surface area contributed by atoms with E-state index < -0.39 is 0 Å². The van der Waals surface area contributed by atoms with Crippen LogP contribution in [0.2, 0.25) is 0 Å². The summed E-state index contributed by atoms with van der Waals surface area (Å²) in [7, 11) is 0. The van der Waals surface area contributed by atoms with Crippen LogP contribution in [0.25, 0.3) is 11.1 Å². The number of rotatable bonds is 0. The van der Waals surface area contributed by atoms with E-state index in [1.807, 2.05) is 0 Å². The van der Waals surface area contributed by atoms with Crippen molar-refractivity contribution in [2.45, 2.75) is 38.5 Å². The van der Waals surface area contributed by atoms with Crippen molar-refractivity contribution in [2.75, 3.05) is 0 Å². The fourth-order valence-electron chi connectivity index (χ4n) is 4.09. The number of allylic oxidation sites excluding steroid dienone is 4. The van der Waals surface area contributed by atoms with Gasteiger partial charge in [-0.1, -0.05) is 71.8 Å². The van der Waals surface area contributed by atoms with Crippen molar-refractivity contribution in [3.05, 3.63) is 83.0 Å². The zero-order valence-corrected chi connectivity index (χ0v) is 13.4. The summed E-state index contributed by atoms with van der Waals surface area (Å²) in [6, 6.07) is 14.0. The first kappa shape index (κ1) is 13.6. The molecule has 0 amide bonds. The van der Waals surface area contributed by atoms with Crippen LogP contribution in [-0.4, -0.2) is 0 Å². The van der Waals surface area contributed by atoms with Crippen LogP contribution in [-0.2, 0) is 5.41 Å². The molecule has 0 heterocycles. The molecule has 0 saturated carbocycles. The minimum absolute atomic E-state index is 0.121. The predicted octanol–water partition coefficient (Wildman–Crippen LogP) is 5.87. The van der Waals surface area contributed by atoms with Crippen LogP contribution in [0.15, 0.2) is 60.7 Å². The smallest absolute Gasteiger partial charge is 0.0284 e. The lowest BCUT2D eigenvalue weighted by Gasteiger charge is -2.31. The second kappa shape index (κ2) is 4.98. The van der Waals surface area contributed by atoms with E-state index >= 15 is 0 Å². The van der Waals surface area contributed by atoms with Crippen molar-refractivity contribution in [3.8, 4) is 11.1 Å². The Kier molecular flexibility index (Phi) is 3.07. The lowest BCUT2D eigenvalue weighted by molar-refractivity contribution is 0.539. The maximum Gasteiger partial charge on any atom is 0.0284 e. The zero-order chi connectivity index (χ0) is 15.2. The van der Waals surface area contributed by atoms with Gasteiger partial charge in [-0.15, -0.1) is 0 Å². The summed E-state index contributed by atoms with van der Waals surface area (Å²) in [5.41, 5.74) is 8.74. The summed E-state index contributed by atoms with van der Waals surface area (Å²) in [5, 5.41) is 0. The van der Waals surface area contributed by atoms with Crippen molar-refractivity contribution in [1.82, 2.24) is 0 Å². The van der Waals surface area contributed by atoms with Crippen molar-refractivity contribution in [2.24, 2.45) is 0 Å². The quantitative estimate of drug-likeness (QED) is 0.532. The van der Waals surface area contributed by atoms with E-state index in [9.17, 15) is 0 Å². The highest BCUT2D eigenvalue weighted by atomic mass is 14.4. The standard InChI is InChI=1S/C22H22/c1-16-8-10-18-19-11-9-17(2)15-21(19)22(20(18)14-16)12-6-4-3-5-7-13-22/h4-11,14-15H,3,12-13H2,1-2H3. The van der Waals surface area contributed by atoms with Gasteiger partial charge >= 0.3 is 0 Å². The van der Waals surface area contributed by atoms with Gasteiger partial charge in [-0.05, 0) is 55.4 Å². The molecule has 0 radical (unpaired) electrons. The van der Waals surface area contributed by atoms with Gasteiger partial charge in [-0.25, -0.2) is 0 Å². The lowest BCUT2D eigenvalue weighted by Crippen LogP contribution is -2.24. The molecular weight excluding hydrogens is 264 g/mol. The lowest BCUT2D eigenvalue weighted by atomic mass is 9.71. The molecule has 22 heavy (non-hydrogen) atoms. The first-order chi connectivity index (χ1) is 10.7. The third-order valence-corrected chi connectivity index (χ3v) is 5.21. The van der Waals surface area contributed by atoms with Gasteiger partial charge < -0.3 is 0 Å². The van der Waals surface area contributed by atoms with E-state index in [2.05, 4.69) is 74.5 Å². The van der Waals surface area contributed by atoms with E-state index in [0.29, 0.717) is 0 Å². The summed E-state index contributed by atoms with van der Waals surface area (Å²) in [6.45, 7) is 4.41. The number of hydrogen-bond acceptors (Lipinski definition) is 0. The maximum atomic E-state index is 2.41. The minimum atomic E-state index is 0.121. The number of benzene rings is 2.